The molecule has 5 rings (SSSR count). The molecule has 1 fully saturated rings. The van der Waals surface area contributed by atoms with Crippen molar-refractivity contribution in [2.45, 2.75) is 39.5 Å². The van der Waals surface area contributed by atoms with Crippen molar-refractivity contribution in [2.75, 3.05) is 13.2 Å². The Morgan fingerprint density at radius 3 is 2.80 bits per heavy atom. The first kappa shape index (κ1) is 18.9. The molecular weight excluding hydrogens is 380 g/mol. The number of ketones is 1. The highest BCUT2D eigenvalue weighted by molar-refractivity contribution is 6.42. The Bertz CT molecular complexity index is 1180. The van der Waals surface area contributed by atoms with E-state index in [0.717, 1.165) is 59.5 Å². The van der Waals surface area contributed by atoms with Crippen LogP contribution in [0, 0.1) is 12.8 Å². The maximum Gasteiger partial charge on any atom is 0.274 e. The van der Waals surface area contributed by atoms with Gasteiger partial charge in [0.15, 0.2) is 11.6 Å². The average Bonchev–Trinajstić information content (AvgIpc) is 3.46. The molecule has 0 spiro atoms. The van der Waals surface area contributed by atoms with Gasteiger partial charge in [-0.15, -0.1) is 0 Å². The van der Waals surface area contributed by atoms with Crippen LogP contribution in [0.5, 0.6) is 0 Å². The maximum atomic E-state index is 12.8. The van der Waals surface area contributed by atoms with Crippen molar-refractivity contribution in [2.24, 2.45) is 10.9 Å². The highest BCUT2D eigenvalue weighted by atomic mass is 16.5. The van der Waals surface area contributed by atoms with Gasteiger partial charge in [-0.1, -0.05) is 11.2 Å². The number of rotatable bonds is 5. The topological polar surface area (TPSA) is 93.4 Å². The fourth-order valence-corrected chi connectivity index (χ4v) is 4.21. The number of ether oxygens (including phenoxy) is 1. The monoisotopic (exact) mass is 404 g/mol. The molecule has 0 saturated carbocycles. The summed E-state index contributed by atoms with van der Waals surface area (Å²) in [5.41, 5.74) is 5.51. The first-order chi connectivity index (χ1) is 14.6. The van der Waals surface area contributed by atoms with Crippen molar-refractivity contribution in [1.29, 1.82) is 0 Å². The summed E-state index contributed by atoms with van der Waals surface area (Å²) in [5, 5.41) is 4.89. The number of H-pyrrole nitrogens is 1. The molecule has 0 amide bonds. The third-order valence-corrected chi connectivity index (χ3v) is 5.87. The molecule has 2 aliphatic heterocycles. The minimum absolute atomic E-state index is 0.174. The van der Waals surface area contributed by atoms with Crippen LogP contribution >= 0.6 is 0 Å². The molecule has 154 valence electrons. The molecule has 2 aliphatic rings. The van der Waals surface area contributed by atoms with Gasteiger partial charge in [0.1, 0.15) is 5.69 Å². The Morgan fingerprint density at radius 2 is 2.03 bits per heavy atom. The lowest BCUT2D eigenvalue weighted by Gasteiger charge is -2.21. The Labute approximate surface area is 174 Å². The summed E-state index contributed by atoms with van der Waals surface area (Å²) in [6.07, 6.45) is 3.14. The Hall–Kier alpha value is -3.06. The van der Waals surface area contributed by atoms with E-state index in [-0.39, 0.29) is 5.78 Å². The molecule has 4 heterocycles. The standard InChI is InChI=1S/C23H24N4O3/c1-13-9-19(21(28)10-15-5-7-29-8-6-15)26-22(13)16-3-4-18-17(11-16)12-20(25-18)23-24-14(2)27-30-23/h3-4,11-12,15,25H,5-10H2,1-2H3. The van der Waals surface area contributed by atoms with E-state index >= 15 is 0 Å². The van der Waals surface area contributed by atoms with Gasteiger partial charge in [-0.05, 0) is 56.4 Å². The molecule has 0 unspecified atom stereocenters. The number of carbonyl (C=O) groups excluding carboxylic acids is 1. The molecule has 0 aliphatic carbocycles. The van der Waals surface area contributed by atoms with Crippen LogP contribution in [-0.2, 0) is 9.53 Å². The largest absolute Gasteiger partial charge is 0.381 e. The summed E-state index contributed by atoms with van der Waals surface area (Å²) in [6, 6.07) is 8.15. The summed E-state index contributed by atoms with van der Waals surface area (Å²) < 4.78 is 10.7. The van der Waals surface area contributed by atoms with Crippen molar-refractivity contribution in [3.63, 3.8) is 0 Å². The highest BCUT2D eigenvalue weighted by Crippen LogP contribution is 2.33. The number of hydrogen-bond donors (Lipinski definition) is 1. The van der Waals surface area contributed by atoms with Gasteiger partial charge >= 0.3 is 0 Å². The third-order valence-electron chi connectivity index (χ3n) is 5.87. The normalized spacial score (nSPS) is 17.7. The van der Waals surface area contributed by atoms with E-state index in [0.29, 0.717) is 36.2 Å². The third kappa shape index (κ3) is 3.61. The van der Waals surface area contributed by atoms with Crippen molar-refractivity contribution < 1.29 is 14.1 Å². The van der Waals surface area contributed by atoms with Crippen LogP contribution in [0.1, 0.15) is 44.0 Å². The van der Waals surface area contributed by atoms with E-state index in [9.17, 15) is 4.79 Å². The van der Waals surface area contributed by atoms with E-state index in [2.05, 4.69) is 28.1 Å². The zero-order valence-electron chi connectivity index (χ0n) is 17.2. The number of nitrogens with one attached hydrogen (secondary N) is 1. The Balaban J connectivity index is 1.38. The summed E-state index contributed by atoms with van der Waals surface area (Å²) in [5.74, 6) is 1.66. The average molecular weight is 404 g/mol. The number of aryl methyl sites for hydroxylation is 1. The zero-order valence-corrected chi connectivity index (χ0v) is 17.2. The van der Waals surface area contributed by atoms with Crippen LogP contribution in [0.4, 0.5) is 0 Å². The fourth-order valence-electron chi connectivity index (χ4n) is 4.21. The fraction of sp³-hybridized carbons (Fsp3) is 0.391. The minimum Gasteiger partial charge on any atom is -0.381 e. The van der Waals surface area contributed by atoms with Crippen molar-refractivity contribution >= 4 is 28.1 Å². The summed E-state index contributed by atoms with van der Waals surface area (Å²) >= 11 is 0. The summed E-state index contributed by atoms with van der Waals surface area (Å²) in [6.45, 7) is 5.37. The van der Waals surface area contributed by atoms with Crippen LogP contribution in [0.25, 0.3) is 28.2 Å². The maximum absolute atomic E-state index is 12.8. The molecule has 1 aromatic carbocycles. The van der Waals surface area contributed by atoms with Crippen LogP contribution < -0.4 is 0 Å². The van der Waals surface area contributed by atoms with Gasteiger partial charge in [-0.25, -0.2) is 4.99 Å². The predicted octanol–water partition coefficient (Wildman–Crippen LogP) is 4.49. The lowest BCUT2D eigenvalue weighted by atomic mass is 9.92. The van der Waals surface area contributed by atoms with Crippen LogP contribution in [-0.4, -0.2) is 39.8 Å². The van der Waals surface area contributed by atoms with E-state index < -0.39 is 0 Å². The van der Waals surface area contributed by atoms with E-state index in [1.54, 1.807) is 6.92 Å². The van der Waals surface area contributed by atoms with Gasteiger partial charge in [0, 0.05) is 42.5 Å². The molecule has 1 saturated heterocycles. The summed E-state index contributed by atoms with van der Waals surface area (Å²) in [4.78, 5) is 25.1. The molecule has 0 radical (unpaired) electrons. The molecule has 2 aromatic heterocycles. The number of hydrogen-bond acceptors (Lipinski definition) is 6. The molecule has 1 N–H and O–H groups in total. The zero-order chi connectivity index (χ0) is 20.7. The van der Waals surface area contributed by atoms with Gasteiger partial charge in [-0.3, -0.25) is 4.79 Å². The van der Waals surface area contributed by atoms with Gasteiger partial charge < -0.3 is 14.2 Å². The molecule has 7 nitrogen and oxygen atoms in total. The molecule has 30 heavy (non-hydrogen) atoms. The smallest absolute Gasteiger partial charge is 0.274 e. The second-order valence-corrected chi connectivity index (χ2v) is 8.18. The number of fused-ring (bicyclic) bond motifs is 1. The van der Waals surface area contributed by atoms with Crippen LogP contribution in [0.2, 0.25) is 0 Å². The van der Waals surface area contributed by atoms with E-state index in [4.69, 9.17) is 14.3 Å². The number of aliphatic imine (C=N–C) groups is 1. The van der Waals surface area contributed by atoms with E-state index in [1.165, 1.54) is 0 Å². The second kappa shape index (κ2) is 7.65. The predicted molar refractivity (Wildman–Crippen MR) is 114 cm³/mol. The van der Waals surface area contributed by atoms with Gasteiger partial charge in [0.05, 0.1) is 11.4 Å². The SMILES string of the molecule is CC1=C(c2ccc3[nH]c(-c4nc(C)no4)cc3c2)N=C(C(=O)CC2CCOCC2)C1. The number of aromatic nitrogens is 3. The Morgan fingerprint density at radius 1 is 1.20 bits per heavy atom. The molecule has 0 atom stereocenters. The number of Topliss-reactive ketones (excluding diaryl/α,β-unsaturated/α-hetero) is 1. The lowest BCUT2D eigenvalue weighted by Crippen LogP contribution is -2.22. The van der Waals surface area contributed by atoms with Gasteiger partial charge in [0.2, 0.25) is 0 Å². The molecule has 3 aromatic rings. The van der Waals surface area contributed by atoms with Crippen LogP contribution in [0.3, 0.4) is 0 Å². The number of nitrogens with zero attached hydrogens (tertiary/aromatic N) is 3. The number of aromatic amines is 1. The first-order valence-corrected chi connectivity index (χ1v) is 10.4. The van der Waals surface area contributed by atoms with Crippen molar-refractivity contribution in [3.8, 4) is 11.6 Å². The summed E-state index contributed by atoms with van der Waals surface area (Å²) in [7, 11) is 0. The number of benzene rings is 1. The number of carbonyl (C=O) groups is 1. The quantitative estimate of drug-likeness (QED) is 0.676. The molecule has 0 bridgehead atoms. The van der Waals surface area contributed by atoms with Crippen molar-refractivity contribution in [3.05, 3.63) is 41.2 Å². The second-order valence-electron chi connectivity index (χ2n) is 8.18. The first-order valence-electron chi connectivity index (χ1n) is 10.4. The van der Waals surface area contributed by atoms with Crippen molar-refractivity contribution in [1.82, 2.24) is 15.1 Å². The van der Waals surface area contributed by atoms with E-state index in [1.807, 2.05) is 18.2 Å². The minimum atomic E-state index is 0.174. The lowest BCUT2D eigenvalue weighted by molar-refractivity contribution is -0.114. The molecule has 7 heteroatoms. The molecular formula is C23H24N4O3. The van der Waals surface area contributed by atoms with Gasteiger partial charge in [0.25, 0.3) is 5.89 Å². The van der Waals surface area contributed by atoms with Gasteiger partial charge in [-0.2, -0.15) is 4.98 Å². The van der Waals surface area contributed by atoms with Crippen LogP contribution in [0.15, 0.2) is 39.4 Å². The highest BCUT2D eigenvalue weighted by Gasteiger charge is 2.25. The Kier molecular flexibility index (Phi) is 4.83. The number of allylic oxidation sites excluding steroid dienone is 1.